The minimum absolute atomic E-state index is 0.877. The lowest BCUT2D eigenvalue weighted by atomic mass is 10.0. The summed E-state index contributed by atoms with van der Waals surface area (Å²) < 4.78 is 5.25. The van der Waals surface area contributed by atoms with Crippen molar-refractivity contribution in [1.29, 1.82) is 0 Å². The fourth-order valence-corrected chi connectivity index (χ4v) is 3.33. The fourth-order valence-electron chi connectivity index (χ4n) is 3.33. The molecule has 0 saturated carbocycles. The molecule has 0 unspecified atom stereocenters. The van der Waals surface area contributed by atoms with Crippen LogP contribution < -0.4 is 14.5 Å². The molecule has 0 radical (unpaired) electrons. The summed E-state index contributed by atoms with van der Waals surface area (Å²) in [5.41, 5.74) is 7.27. The van der Waals surface area contributed by atoms with E-state index < -0.39 is 0 Å². The molecule has 120 valence electrons. The largest absolute Gasteiger partial charge is 0.497 e. The van der Waals surface area contributed by atoms with E-state index >= 15 is 0 Å². The molecule has 0 N–H and O–H groups in total. The molecule has 0 amide bonds. The van der Waals surface area contributed by atoms with Crippen LogP contribution in [-0.4, -0.2) is 21.2 Å². The van der Waals surface area contributed by atoms with Gasteiger partial charge in [-0.05, 0) is 47.5 Å². The zero-order valence-corrected chi connectivity index (χ0v) is 14.2. The van der Waals surface area contributed by atoms with Crippen LogP contribution in [0.15, 0.2) is 66.7 Å². The Balaban J connectivity index is 1.80. The maximum atomic E-state index is 5.25. The first-order valence-corrected chi connectivity index (χ1v) is 8.04. The van der Waals surface area contributed by atoms with Crippen molar-refractivity contribution >= 4 is 22.7 Å². The highest BCUT2D eigenvalue weighted by Gasteiger charge is 2.23. The third-order valence-corrected chi connectivity index (χ3v) is 4.73. The molecule has 24 heavy (non-hydrogen) atoms. The van der Waals surface area contributed by atoms with Gasteiger partial charge in [-0.1, -0.05) is 30.3 Å². The average Bonchev–Trinajstić information content (AvgIpc) is 2.66. The van der Waals surface area contributed by atoms with Crippen molar-refractivity contribution in [2.75, 3.05) is 31.0 Å². The van der Waals surface area contributed by atoms with Gasteiger partial charge in [-0.25, -0.2) is 0 Å². The van der Waals surface area contributed by atoms with Crippen LogP contribution in [0.1, 0.15) is 0 Å². The van der Waals surface area contributed by atoms with Crippen LogP contribution in [0.25, 0.3) is 11.1 Å². The van der Waals surface area contributed by atoms with Gasteiger partial charge in [0.2, 0.25) is 0 Å². The second-order valence-corrected chi connectivity index (χ2v) is 6.04. The topological polar surface area (TPSA) is 15.7 Å². The summed E-state index contributed by atoms with van der Waals surface area (Å²) >= 11 is 0. The first-order chi connectivity index (χ1) is 11.7. The van der Waals surface area contributed by atoms with Gasteiger partial charge in [0, 0.05) is 14.1 Å². The zero-order valence-electron chi connectivity index (χ0n) is 14.2. The molecular formula is C21H20N2O. The second-order valence-electron chi connectivity index (χ2n) is 6.04. The molecule has 3 nitrogen and oxygen atoms in total. The second kappa shape index (κ2) is 5.60. The number of anilines is 4. The van der Waals surface area contributed by atoms with Crippen LogP contribution >= 0.6 is 0 Å². The van der Waals surface area contributed by atoms with Crippen molar-refractivity contribution in [3.63, 3.8) is 0 Å². The van der Waals surface area contributed by atoms with Crippen molar-refractivity contribution in [2.45, 2.75) is 0 Å². The van der Waals surface area contributed by atoms with Crippen LogP contribution in [0.5, 0.6) is 5.75 Å². The Morgan fingerprint density at radius 3 is 1.79 bits per heavy atom. The first kappa shape index (κ1) is 14.6. The van der Waals surface area contributed by atoms with Crippen LogP contribution in [0.3, 0.4) is 0 Å². The molecule has 1 heterocycles. The van der Waals surface area contributed by atoms with Crippen LogP contribution in [0.4, 0.5) is 22.7 Å². The number of benzene rings is 3. The molecule has 1 aliphatic rings. The van der Waals surface area contributed by atoms with Gasteiger partial charge in [-0.2, -0.15) is 0 Å². The van der Waals surface area contributed by atoms with Gasteiger partial charge in [0.1, 0.15) is 5.75 Å². The summed E-state index contributed by atoms with van der Waals surface area (Å²) in [6, 6.07) is 23.3. The molecule has 0 fully saturated rings. The molecule has 3 aromatic carbocycles. The summed E-state index contributed by atoms with van der Waals surface area (Å²) in [6.45, 7) is 0. The summed E-state index contributed by atoms with van der Waals surface area (Å²) in [7, 11) is 5.94. The maximum Gasteiger partial charge on any atom is 0.118 e. The van der Waals surface area contributed by atoms with E-state index in [0.29, 0.717) is 0 Å². The Bertz CT molecular complexity index is 887. The van der Waals surface area contributed by atoms with Crippen molar-refractivity contribution in [3.8, 4) is 16.9 Å². The minimum Gasteiger partial charge on any atom is -0.497 e. The number of hydrogen-bond donors (Lipinski definition) is 0. The van der Waals surface area contributed by atoms with Gasteiger partial charge < -0.3 is 14.5 Å². The van der Waals surface area contributed by atoms with Crippen molar-refractivity contribution in [1.82, 2.24) is 0 Å². The van der Waals surface area contributed by atoms with E-state index in [0.717, 1.165) is 5.75 Å². The third-order valence-electron chi connectivity index (χ3n) is 4.73. The molecular weight excluding hydrogens is 296 g/mol. The van der Waals surface area contributed by atoms with E-state index in [9.17, 15) is 0 Å². The van der Waals surface area contributed by atoms with E-state index in [1.54, 1.807) is 7.11 Å². The van der Waals surface area contributed by atoms with E-state index in [1.807, 2.05) is 12.1 Å². The molecule has 3 heteroatoms. The van der Waals surface area contributed by atoms with Crippen LogP contribution in [-0.2, 0) is 0 Å². The average molecular weight is 316 g/mol. The van der Waals surface area contributed by atoms with E-state index in [-0.39, 0.29) is 0 Å². The molecule has 1 aliphatic heterocycles. The highest BCUT2D eigenvalue weighted by atomic mass is 16.5. The van der Waals surface area contributed by atoms with E-state index in [2.05, 4.69) is 78.5 Å². The Labute approximate surface area is 142 Å². The van der Waals surface area contributed by atoms with Crippen molar-refractivity contribution in [2.24, 2.45) is 0 Å². The van der Waals surface area contributed by atoms with Crippen LogP contribution in [0, 0.1) is 0 Å². The molecule has 4 rings (SSSR count). The lowest BCUT2D eigenvalue weighted by Gasteiger charge is -2.36. The first-order valence-electron chi connectivity index (χ1n) is 8.04. The Kier molecular flexibility index (Phi) is 3.42. The molecule has 0 spiro atoms. The highest BCUT2D eigenvalue weighted by Crippen LogP contribution is 2.47. The lowest BCUT2D eigenvalue weighted by Crippen LogP contribution is -2.24. The highest BCUT2D eigenvalue weighted by molar-refractivity contribution is 5.94. The maximum absolute atomic E-state index is 5.25. The van der Waals surface area contributed by atoms with E-state index in [1.165, 1.54) is 33.9 Å². The molecule has 0 saturated heterocycles. The molecule has 0 bridgehead atoms. The van der Waals surface area contributed by atoms with E-state index in [4.69, 9.17) is 4.74 Å². The van der Waals surface area contributed by atoms with Gasteiger partial charge in [-0.15, -0.1) is 0 Å². The summed E-state index contributed by atoms with van der Waals surface area (Å²) in [5, 5.41) is 0. The molecule has 0 aromatic heterocycles. The zero-order chi connectivity index (χ0) is 16.7. The summed E-state index contributed by atoms with van der Waals surface area (Å²) in [5.74, 6) is 0.877. The third kappa shape index (κ3) is 2.21. The summed E-state index contributed by atoms with van der Waals surface area (Å²) in [4.78, 5) is 4.51. The Morgan fingerprint density at radius 2 is 1.17 bits per heavy atom. The number of fused-ring (bicyclic) bond motifs is 2. The molecule has 3 aromatic rings. The molecule has 0 atom stereocenters. The van der Waals surface area contributed by atoms with Gasteiger partial charge in [0.25, 0.3) is 0 Å². The predicted molar refractivity (Wildman–Crippen MR) is 101 cm³/mol. The van der Waals surface area contributed by atoms with Crippen molar-refractivity contribution in [3.05, 3.63) is 66.7 Å². The Hall–Kier alpha value is -2.94. The van der Waals surface area contributed by atoms with Gasteiger partial charge >= 0.3 is 0 Å². The number of ether oxygens (including phenoxy) is 1. The minimum atomic E-state index is 0.877. The number of rotatable bonds is 2. The SMILES string of the molecule is COc1ccc(-c2ccc3c(c2)N(C)c2ccccc2N3C)cc1. The lowest BCUT2D eigenvalue weighted by molar-refractivity contribution is 0.415. The van der Waals surface area contributed by atoms with Gasteiger partial charge in [0.05, 0.1) is 29.9 Å². The van der Waals surface area contributed by atoms with Gasteiger partial charge in [0.15, 0.2) is 0 Å². The Morgan fingerprint density at radius 1 is 0.625 bits per heavy atom. The normalized spacial score (nSPS) is 12.6. The number of para-hydroxylation sites is 2. The molecule has 0 aliphatic carbocycles. The summed E-state index contributed by atoms with van der Waals surface area (Å²) in [6.07, 6.45) is 0. The van der Waals surface area contributed by atoms with Gasteiger partial charge in [-0.3, -0.25) is 0 Å². The quantitative estimate of drug-likeness (QED) is 0.645. The number of hydrogen-bond acceptors (Lipinski definition) is 3. The smallest absolute Gasteiger partial charge is 0.118 e. The van der Waals surface area contributed by atoms with Crippen LogP contribution in [0.2, 0.25) is 0 Å². The fraction of sp³-hybridized carbons (Fsp3) is 0.143. The monoisotopic (exact) mass is 316 g/mol. The van der Waals surface area contributed by atoms with Crippen molar-refractivity contribution < 1.29 is 4.74 Å². The number of methoxy groups -OCH3 is 1. The predicted octanol–water partition coefficient (Wildman–Crippen LogP) is 5.21. The number of nitrogens with zero attached hydrogens (tertiary/aromatic N) is 2. The standard InChI is InChI=1S/C21H20N2O/c1-22-18-6-4-5-7-19(18)23(2)21-14-16(10-13-20(21)22)15-8-11-17(24-3)12-9-15/h4-14H,1-3H3.